The number of benzene rings is 1. The lowest BCUT2D eigenvalue weighted by Gasteiger charge is -2.10. The van der Waals surface area contributed by atoms with E-state index in [-0.39, 0.29) is 5.91 Å². The molecule has 1 aromatic rings. The number of hydrogen-bond donors (Lipinski definition) is 2. The van der Waals surface area contributed by atoms with Gasteiger partial charge in [-0.25, -0.2) is 0 Å². The van der Waals surface area contributed by atoms with Crippen molar-refractivity contribution in [3.8, 4) is 0 Å². The normalized spacial score (nSPS) is 36.8. The van der Waals surface area contributed by atoms with Crippen molar-refractivity contribution in [2.75, 3.05) is 11.9 Å². The van der Waals surface area contributed by atoms with Gasteiger partial charge in [0, 0.05) is 16.8 Å². The van der Waals surface area contributed by atoms with Crippen LogP contribution >= 0.6 is 11.6 Å². The average molecular weight is 291 g/mol. The molecule has 2 N–H and O–H groups in total. The number of halogens is 1. The molecule has 0 heterocycles. The summed E-state index contributed by atoms with van der Waals surface area (Å²) in [7, 11) is 0. The summed E-state index contributed by atoms with van der Waals surface area (Å²) in [5.41, 5.74) is 0.803. The SMILES string of the molecule is O=C(CNC1C2C3CCC(C3)C12)Nc1ccc(Cl)cc1. The highest BCUT2D eigenvalue weighted by Gasteiger charge is 2.64. The molecule has 3 fully saturated rings. The largest absolute Gasteiger partial charge is 0.325 e. The molecule has 4 atom stereocenters. The van der Waals surface area contributed by atoms with Crippen LogP contribution in [0.3, 0.4) is 0 Å². The topological polar surface area (TPSA) is 41.1 Å². The first-order valence-electron chi connectivity index (χ1n) is 7.51. The lowest BCUT2D eigenvalue weighted by atomic mass is 10.0. The van der Waals surface area contributed by atoms with Gasteiger partial charge in [0.2, 0.25) is 5.91 Å². The van der Waals surface area contributed by atoms with Crippen molar-refractivity contribution in [1.29, 1.82) is 0 Å². The van der Waals surface area contributed by atoms with E-state index in [1.807, 2.05) is 12.1 Å². The first-order valence-corrected chi connectivity index (χ1v) is 7.89. The third-order valence-electron chi connectivity index (χ3n) is 5.36. The smallest absolute Gasteiger partial charge is 0.238 e. The van der Waals surface area contributed by atoms with Crippen molar-refractivity contribution >= 4 is 23.2 Å². The van der Waals surface area contributed by atoms with Gasteiger partial charge in [0.25, 0.3) is 0 Å². The summed E-state index contributed by atoms with van der Waals surface area (Å²) in [6.45, 7) is 0.416. The average Bonchev–Trinajstić information content (AvgIpc) is 2.82. The van der Waals surface area contributed by atoms with Crippen molar-refractivity contribution < 1.29 is 4.79 Å². The highest BCUT2D eigenvalue weighted by atomic mass is 35.5. The number of nitrogens with one attached hydrogen (secondary N) is 2. The molecule has 20 heavy (non-hydrogen) atoms. The van der Waals surface area contributed by atoms with Crippen LogP contribution in [-0.2, 0) is 4.79 Å². The van der Waals surface area contributed by atoms with Crippen molar-refractivity contribution in [1.82, 2.24) is 5.32 Å². The van der Waals surface area contributed by atoms with E-state index in [2.05, 4.69) is 10.6 Å². The van der Waals surface area contributed by atoms with E-state index < -0.39 is 0 Å². The van der Waals surface area contributed by atoms with Gasteiger partial charge in [-0.3, -0.25) is 4.79 Å². The molecule has 0 spiro atoms. The number of carbonyl (C=O) groups is 1. The monoisotopic (exact) mass is 290 g/mol. The lowest BCUT2D eigenvalue weighted by Crippen LogP contribution is -2.32. The van der Waals surface area contributed by atoms with Crippen LogP contribution in [0, 0.1) is 23.7 Å². The summed E-state index contributed by atoms with van der Waals surface area (Å²) < 4.78 is 0. The molecule has 4 unspecified atom stereocenters. The summed E-state index contributed by atoms with van der Waals surface area (Å²) >= 11 is 5.82. The van der Waals surface area contributed by atoms with E-state index in [0.29, 0.717) is 17.6 Å². The predicted molar refractivity (Wildman–Crippen MR) is 79.7 cm³/mol. The zero-order valence-electron chi connectivity index (χ0n) is 11.3. The number of hydrogen-bond acceptors (Lipinski definition) is 2. The van der Waals surface area contributed by atoms with E-state index in [0.717, 1.165) is 29.4 Å². The Bertz CT molecular complexity index is 514. The maximum Gasteiger partial charge on any atom is 0.238 e. The van der Waals surface area contributed by atoms with E-state index >= 15 is 0 Å². The standard InChI is InChI=1S/C16H19ClN2O/c17-11-3-5-12(6-4-11)19-13(20)8-18-16-14-9-1-2-10(7-9)15(14)16/h3-6,9-10,14-16,18H,1-2,7-8H2,(H,19,20). The maximum absolute atomic E-state index is 11.9. The second-order valence-corrected chi connectivity index (χ2v) is 6.89. The van der Waals surface area contributed by atoms with Gasteiger partial charge in [-0.1, -0.05) is 11.6 Å². The van der Waals surface area contributed by atoms with Crippen LogP contribution in [0.1, 0.15) is 19.3 Å². The number of anilines is 1. The minimum atomic E-state index is 0.0321. The zero-order valence-corrected chi connectivity index (χ0v) is 12.1. The van der Waals surface area contributed by atoms with Gasteiger partial charge >= 0.3 is 0 Å². The molecule has 3 aliphatic rings. The zero-order chi connectivity index (χ0) is 13.7. The van der Waals surface area contributed by atoms with Crippen molar-refractivity contribution in [3.63, 3.8) is 0 Å². The molecule has 0 radical (unpaired) electrons. The van der Waals surface area contributed by atoms with E-state index in [1.165, 1.54) is 19.3 Å². The van der Waals surface area contributed by atoms with E-state index in [1.54, 1.807) is 12.1 Å². The maximum atomic E-state index is 11.9. The lowest BCUT2D eigenvalue weighted by molar-refractivity contribution is -0.115. The van der Waals surface area contributed by atoms with Gasteiger partial charge in [-0.05, 0) is 67.2 Å². The van der Waals surface area contributed by atoms with Crippen LogP contribution in [0.25, 0.3) is 0 Å². The van der Waals surface area contributed by atoms with Crippen LogP contribution in [0.15, 0.2) is 24.3 Å². The van der Waals surface area contributed by atoms with Gasteiger partial charge in [-0.15, -0.1) is 0 Å². The Morgan fingerprint density at radius 3 is 2.45 bits per heavy atom. The van der Waals surface area contributed by atoms with Crippen LogP contribution < -0.4 is 10.6 Å². The summed E-state index contributed by atoms with van der Waals surface area (Å²) in [5.74, 6) is 3.67. The Hall–Kier alpha value is -1.06. The molecule has 4 rings (SSSR count). The van der Waals surface area contributed by atoms with Crippen molar-refractivity contribution in [2.45, 2.75) is 25.3 Å². The quantitative estimate of drug-likeness (QED) is 0.895. The second kappa shape index (κ2) is 4.74. The Morgan fingerprint density at radius 1 is 1.15 bits per heavy atom. The minimum Gasteiger partial charge on any atom is -0.325 e. The summed E-state index contributed by atoms with van der Waals surface area (Å²) in [5, 5.41) is 7.03. The fraction of sp³-hybridized carbons (Fsp3) is 0.562. The molecule has 1 aromatic carbocycles. The van der Waals surface area contributed by atoms with Crippen molar-refractivity contribution in [2.24, 2.45) is 23.7 Å². The molecule has 1 amide bonds. The predicted octanol–water partition coefficient (Wildman–Crippen LogP) is 2.91. The van der Waals surface area contributed by atoms with Crippen LogP contribution in [0.5, 0.6) is 0 Å². The molecule has 3 nitrogen and oxygen atoms in total. The summed E-state index contributed by atoms with van der Waals surface area (Å²) in [6.07, 6.45) is 4.28. The number of rotatable bonds is 4. The first kappa shape index (κ1) is 12.7. The van der Waals surface area contributed by atoms with E-state index in [4.69, 9.17) is 11.6 Å². The van der Waals surface area contributed by atoms with Gasteiger partial charge in [0.05, 0.1) is 6.54 Å². The Labute approximate surface area is 124 Å². The van der Waals surface area contributed by atoms with Gasteiger partial charge < -0.3 is 10.6 Å². The third kappa shape index (κ3) is 2.13. The van der Waals surface area contributed by atoms with Crippen molar-refractivity contribution in [3.05, 3.63) is 29.3 Å². The summed E-state index contributed by atoms with van der Waals surface area (Å²) in [4.78, 5) is 11.9. The van der Waals surface area contributed by atoms with Crippen LogP contribution in [0.4, 0.5) is 5.69 Å². The molecule has 0 saturated heterocycles. The Morgan fingerprint density at radius 2 is 1.80 bits per heavy atom. The number of amides is 1. The molecule has 2 bridgehead atoms. The number of carbonyl (C=O) groups excluding carboxylic acids is 1. The Balaban J connectivity index is 1.26. The van der Waals surface area contributed by atoms with Gasteiger partial charge in [-0.2, -0.15) is 0 Å². The molecule has 0 aliphatic heterocycles. The second-order valence-electron chi connectivity index (χ2n) is 6.45. The highest BCUT2D eigenvalue weighted by molar-refractivity contribution is 6.30. The first-order chi connectivity index (χ1) is 9.72. The fourth-order valence-corrected chi connectivity index (χ4v) is 4.67. The fourth-order valence-electron chi connectivity index (χ4n) is 4.55. The molecule has 3 saturated carbocycles. The molecule has 3 aliphatic carbocycles. The van der Waals surface area contributed by atoms with Crippen LogP contribution in [-0.4, -0.2) is 18.5 Å². The number of fused-ring (bicyclic) bond motifs is 5. The molecular formula is C16H19ClN2O. The molecular weight excluding hydrogens is 272 g/mol. The molecule has 106 valence electrons. The van der Waals surface area contributed by atoms with Gasteiger partial charge in [0.15, 0.2) is 0 Å². The third-order valence-corrected chi connectivity index (χ3v) is 5.61. The molecule has 0 aromatic heterocycles. The Kier molecular flexibility index (Phi) is 3.00. The van der Waals surface area contributed by atoms with Gasteiger partial charge in [0.1, 0.15) is 0 Å². The highest BCUT2D eigenvalue weighted by Crippen LogP contribution is 2.65. The molecule has 4 heteroatoms. The minimum absolute atomic E-state index is 0.0321. The van der Waals surface area contributed by atoms with E-state index in [9.17, 15) is 4.79 Å². The summed E-state index contributed by atoms with van der Waals surface area (Å²) in [6, 6.07) is 7.83. The van der Waals surface area contributed by atoms with Crippen LogP contribution in [0.2, 0.25) is 5.02 Å².